The molecular formula is C14H23N3OS. The molecule has 0 spiro atoms. The van der Waals surface area contributed by atoms with Gasteiger partial charge in [-0.25, -0.2) is 0 Å². The smallest absolute Gasteiger partial charge is 0.253 e. The quantitative estimate of drug-likeness (QED) is 0.722. The van der Waals surface area contributed by atoms with Crippen molar-refractivity contribution in [3.05, 3.63) is 11.8 Å². The van der Waals surface area contributed by atoms with Crippen LogP contribution in [-0.2, 0) is 0 Å². The van der Waals surface area contributed by atoms with Crippen LogP contribution in [0.4, 0.5) is 0 Å². The lowest BCUT2D eigenvalue weighted by molar-refractivity contribution is 0.294. The van der Waals surface area contributed by atoms with Crippen LogP contribution >= 0.6 is 11.7 Å². The largest absolute Gasteiger partial charge is 0.475 e. The zero-order valence-electron chi connectivity index (χ0n) is 18.7. The molecule has 0 bridgehead atoms. The van der Waals surface area contributed by atoms with Crippen LogP contribution in [0.2, 0.25) is 0 Å². The second kappa shape index (κ2) is 7.60. The van der Waals surface area contributed by atoms with Gasteiger partial charge in [-0.15, -0.1) is 4.37 Å². The van der Waals surface area contributed by atoms with E-state index in [1.54, 1.807) is 0 Å². The molecule has 0 aromatic carbocycles. The van der Waals surface area contributed by atoms with E-state index in [1.807, 2.05) is 6.08 Å². The summed E-state index contributed by atoms with van der Waals surface area (Å²) in [5, 5.41) is 0. The maximum Gasteiger partial charge on any atom is 0.253 e. The molecule has 0 saturated carbocycles. The van der Waals surface area contributed by atoms with E-state index in [1.165, 1.54) is 4.90 Å². The van der Waals surface area contributed by atoms with Crippen LogP contribution in [0.25, 0.3) is 5.57 Å². The third kappa shape index (κ3) is 4.28. The van der Waals surface area contributed by atoms with Gasteiger partial charge in [0, 0.05) is 24.1 Å². The molecule has 1 aromatic rings. The number of likely N-dealkylation sites (N-methyl/N-ethyl adjacent to an activating group) is 1. The van der Waals surface area contributed by atoms with Crippen molar-refractivity contribution in [1.29, 1.82) is 0 Å². The lowest BCUT2D eigenvalue weighted by atomic mass is 10.1. The van der Waals surface area contributed by atoms with Crippen molar-refractivity contribution < 1.29 is 15.7 Å². The highest BCUT2D eigenvalue weighted by atomic mass is 32.1. The average molecular weight is 289 g/mol. The molecule has 19 heavy (non-hydrogen) atoms. The number of rotatable bonds is 7. The van der Waals surface area contributed by atoms with Crippen molar-refractivity contribution in [3.63, 3.8) is 0 Å². The Hall–Kier alpha value is -0.940. The Labute approximate surface area is 131 Å². The maximum absolute atomic E-state index is 7.78. The van der Waals surface area contributed by atoms with Gasteiger partial charge >= 0.3 is 0 Å². The lowest BCUT2D eigenvalue weighted by Crippen LogP contribution is -2.25. The third-order valence-corrected chi connectivity index (χ3v) is 3.29. The van der Waals surface area contributed by atoms with E-state index in [2.05, 4.69) is 8.75 Å². The Bertz CT molecular complexity index is 656. The first-order valence-corrected chi connectivity index (χ1v) is 7.00. The van der Waals surface area contributed by atoms with Crippen LogP contribution in [0, 0.1) is 0 Å². The number of hydrogen-bond donors (Lipinski definition) is 0. The molecule has 2 heterocycles. The number of aromatic nitrogens is 2. The van der Waals surface area contributed by atoms with Gasteiger partial charge in [0.2, 0.25) is 0 Å². The zero-order chi connectivity index (χ0) is 20.3. The van der Waals surface area contributed by atoms with Crippen molar-refractivity contribution in [2.75, 3.05) is 26.7 Å². The first-order valence-electron chi connectivity index (χ1n) is 10.3. The standard InChI is InChI=1S/C14H23N3OS/c1-3-4-5-6-10-18-14-13(15-19-16-14)12-8-7-9-17(2)11-12/h8H,3-7,9-11H2,1-2H3/i1D3,2D3,4D2. The summed E-state index contributed by atoms with van der Waals surface area (Å²) in [5.74, 6) is 0.301. The Balaban J connectivity index is 1.90. The van der Waals surface area contributed by atoms with Crippen molar-refractivity contribution >= 4 is 17.3 Å². The van der Waals surface area contributed by atoms with Gasteiger partial charge in [-0.1, -0.05) is 32.1 Å². The van der Waals surface area contributed by atoms with Crippen LogP contribution in [0.1, 0.15) is 55.6 Å². The molecule has 0 radical (unpaired) electrons. The molecule has 0 amide bonds. The van der Waals surface area contributed by atoms with Gasteiger partial charge < -0.3 is 9.64 Å². The highest BCUT2D eigenvalue weighted by Gasteiger charge is 2.18. The fourth-order valence-corrected chi connectivity index (χ4v) is 2.37. The van der Waals surface area contributed by atoms with Crippen LogP contribution in [0.5, 0.6) is 5.88 Å². The molecule has 0 unspecified atom stereocenters. The SMILES string of the molecule is [2H]C([2H])([2H])CC([2H])([2H])CCCOc1nsnc1C1=CCCN(C([2H])([2H])[2H])C1. The van der Waals surface area contributed by atoms with E-state index in [9.17, 15) is 0 Å². The summed E-state index contributed by atoms with van der Waals surface area (Å²) in [5.41, 5.74) is 1.26. The molecule has 0 aliphatic carbocycles. The Morgan fingerprint density at radius 1 is 1.53 bits per heavy atom. The number of ether oxygens (including phenoxy) is 1. The van der Waals surface area contributed by atoms with Crippen molar-refractivity contribution in [2.45, 2.75) is 38.9 Å². The fraction of sp³-hybridized carbons (Fsp3) is 0.714. The molecular weight excluding hydrogens is 258 g/mol. The molecule has 0 fully saturated rings. The minimum absolute atomic E-state index is 0.0633. The molecule has 0 atom stereocenters. The molecule has 0 saturated heterocycles. The predicted octanol–water partition coefficient (Wildman–Crippen LogP) is 3.22. The highest BCUT2D eigenvalue weighted by molar-refractivity contribution is 6.99. The normalized spacial score (nSPS) is 24.7. The van der Waals surface area contributed by atoms with Crippen molar-refractivity contribution in [3.8, 4) is 5.88 Å². The van der Waals surface area contributed by atoms with Crippen LogP contribution in [-0.4, -0.2) is 40.3 Å². The van der Waals surface area contributed by atoms with Crippen molar-refractivity contribution in [2.24, 2.45) is 0 Å². The van der Waals surface area contributed by atoms with Gasteiger partial charge in [-0.2, -0.15) is 4.37 Å². The summed E-state index contributed by atoms with van der Waals surface area (Å²) in [6, 6.07) is 0. The summed E-state index contributed by atoms with van der Waals surface area (Å²) in [6.07, 6.45) is 0.639. The summed E-state index contributed by atoms with van der Waals surface area (Å²) in [4.78, 5) is 1.40. The Kier molecular flexibility index (Phi) is 2.87. The molecule has 1 aromatic heterocycles. The Morgan fingerprint density at radius 2 is 2.53 bits per heavy atom. The summed E-state index contributed by atoms with van der Waals surface area (Å²) < 4.78 is 73.6. The number of nitrogens with zero attached hydrogens (tertiary/aromatic N) is 3. The second-order valence-corrected chi connectivity index (χ2v) is 4.76. The van der Waals surface area contributed by atoms with E-state index < -0.39 is 26.6 Å². The molecule has 4 nitrogen and oxygen atoms in total. The second-order valence-electron chi connectivity index (χ2n) is 4.24. The van der Waals surface area contributed by atoms with Crippen molar-refractivity contribution in [1.82, 2.24) is 13.6 Å². The molecule has 0 N–H and O–H groups in total. The topological polar surface area (TPSA) is 38.3 Å². The summed E-state index contributed by atoms with van der Waals surface area (Å²) in [6.45, 7) is -3.61. The molecule has 106 valence electrons. The van der Waals surface area contributed by atoms with Gasteiger partial charge in [-0.3, -0.25) is 0 Å². The first kappa shape index (κ1) is 7.18. The third-order valence-electron chi connectivity index (χ3n) is 2.78. The van der Waals surface area contributed by atoms with E-state index in [0.717, 1.165) is 17.3 Å². The molecule has 1 aliphatic heterocycles. The zero-order valence-corrected chi connectivity index (χ0v) is 11.5. The van der Waals surface area contributed by atoms with Gasteiger partial charge in [-0.05, 0) is 25.4 Å². The lowest BCUT2D eigenvalue weighted by Gasteiger charge is -2.22. The number of hydrogen-bond acceptors (Lipinski definition) is 5. The Morgan fingerprint density at radius 3 is 3.42 bits per heavy atom. The fourth-order valence-electron chi connectivity index (χ4n) is 1.84. The summed E-state index contributed by atoms with van der Waals surface area (Å²) >= 11 is 0.967. The molecule has 5 heteroatoms. The predicted molar refractivity (Wildman–Crippen MR) is 79.6 cm³/mol. The van der Waals surface area contributed by atoms with Gasteiger partial charge in [0.05, 0.1) is 18.3 Å². The van der Waals surface area contributed by atoms with Crippen LogP contribution in [0.15, 0.2) is 6.08 Å². The highest BCUT2D eigenvalue weighted by Crippen LogP contribution is 2.27. The van der Waals surface area contributed by atoms with Gasteiger partial charge in [0.25, 0.3) is 5.88 Å². The minimum atomic E-state index is -2.31. The first-order chi connectivity index (χ1) is 12.4. The van der Waals surface area contributed by atoms with Crippen LogP contribution in [0.3, 0.4) is 0 Å². The summed E-state index contributed by atoms with van der Waals surface area (Å²) in [7, 11) is 0. The van der Waals surface area contributed by atoms with E-state index in [4.69, 9.17) is 15.7 Å². The van der Waals surface area contributed by atoms with E-state index >= 15 is 0 Å². The molecule has 1 aliphatic rings. The monoisotopic (exact) mass is 289 g/mol. The van der Waals surface area contributed by atoms with E-state index in [0.29, 0.717) is 31.0 Å². The van der Waals surface area contributed by atoms with Crippen LogP contribution < -0.4 is 4.74 Å². The molecule has 2 rings (SSSR count). The maximum atomic E-state index is 7.78. The van der Waals surface area contributed by atoms with Gasteiger partial charge in [0.15, 0.2) is 0 Å². The van der Waals surface area contributed by atoms with E-state index in [-0.39, 0.29) is 19.6 Å². The average Bonchev–Trinajstić information content (AvgIpc) is 2.97. The van der Waals surface area contributed by atoms with Gasteiger partial charge in [0.1, 0.15) is 5.69 Å². The minimum Gasteiger partial charge on any atom is -0.475 e.